The van der Waals surface area contributed by atoms with Crippen LogP contribution in [0.3, 0.4) is 0 Å². The van der Waals surface area contributed by atoms with Gasteiger partial charge in [-0.15, -0.1) is 0 Å². The third-order valence-electron chi connectivity index (χ3n) is 3.94. The van der Waals surface area contributed by atoms with Gasteiger partial charge in [0.1, 0.15) is 13.1 Å². The number of hydrogen-bond donors (Lipinski definition) is 4. The Morgan fingerprint density at radius 1 is 0.833 bits per heavy atom. The largest absolute Gasteiger partial charge is 0.633 e. The van der Waals surface area contributed by atoms with Gasteiger partial charge in [-0.1, -0.05) is 46.0 Å². The van der Waals surface area contributed by atoms with Crippen LogP contribution in [0.5, 0.6) is 0 Å². The molecule has 0 aliphatic rings. The SMILES string of the molecule is CC(C)CCCCCCCOCCC[N+]([O-])(CCO)CCO.NO. The highest BCUT2D eigenvalue weighted by Crippen LogP contribution is 2.10. The lowest BCUT2D eigenvalue weighted by Crippen LogP contribution is -2.47. The maximum atomic E-state index is 12.1. The Morgan fingerprint density at radius 3 is 1.88 bits per heavy atom. The van der Waals surface area contributed by atoms with E-state index >= 15 is 0 Å². The molecule has 0 spiro atoms. The summed E-state index contributed by atoms with van der Waals surface area (Å²) in [4.78, 5) is 0. The Hall–Kier alpha value is -0.280. The lowest BCUT2D eigenvalue weighted by molar-refractivity contribution is -0.881. The van der Waals surface area contributed by atoms with Crippen molar-refractivity contribution in [1.82, 2.24) is 0 Å². The lowest BCUT2D eigenvalue weighted by atomic mass is 10.0. The fourth-order valence-corrected chi connectivity index (χ4v) is 2.54. The summed E-state index contributed by atoms with van der Waals surface area (Å²) in [6.07, 6.45) is 8.24. The van der Waals surface area contributed by atoms with Gasteiger partial charge in [-0.05, 0) is 12.3 Å². The van der Waals surface area contributed by atoms with Crippen molar-refractivity contribution in [1.29, 1.82) is 0 Å². The predicted octanol–water partition coefficient (Wildman–Crippen LogP) is 2.02. The van der Waals surface area contributed by atoms with Crippen molar-refractivity contribution in [3.8, 4) is 0 Å². The molecule has 5 N–H and O–H groups in total. The standard InChI is InChI=1S/C17H37NO4.H3NO/c1-17(2)9-6-4-3-5-7-15-22-16-8-10-18(21,11-13-19)12-14-20;1-2/h17,19-20H,3-16H2,1-2H3;2H,1H2. The first kappa shape index (κ1) is 26.0. The smallest absolute Gasteiger partial charge is 0.102 e. The number of ether oxygens (including phenoxy) is 1. The van der Waals surface area contributed by atoms with Crippen LogP contribution in [-0.2, 0) is 4.74 Å². The van der Waals surface area contributed by atoms with Crippen LogP contribution in [0.15, 0.2) is 0 Å². The molecule has 0 aromatic rings. The van der Waals surface area contributed by atoms with Crippen molar-refractivity contribution >= 4 is 0 Å². The van der Waals surface area contributed by atoms with Crippen LogP contribution in [0.25, 0.3) is 0 Å². The summed E-state index contributed by atoms with van der Waals surface area (Å²) in [6, 6.07) is 0. The fourth-order valence-electron chi connectivity index (χ4n) is 2.54. The summed E-state index contributed by atoms with van der Waals surface area (Å²) in [5.74, 6) is 4.31. The van der Waals surface area contributed by atoms with E-state index < -0.39 is 4.65 Å². The number of quaternary nitrogens is 1. The molecule has 0 heterocycles. The maximum Gasteiger partial charge on any atom is 0.102 e. The maximum absolute atomic E-state index is 12.1. The normalized spacial score (nSPS) is 11.5. The van der Waals surface area contributed by atoms with E-state index in [-0.39, 0.29) is 26.3 Å². The minimum absolute atomic E-state index is 0.138. The number of hydrogen-bond acceptors (Lipinski definition) is 6. The van der Waals surface area contributed by atoms with Crippen LogP contribution >= 0.6 is 0 Å². The van der Waals surface area contributed by atoms with E-state index in [2.05, 4.69) is 19.7 Å². The number of nitrogens with zero attached hydrogens (tertiary/aromatic N) is 1. The van der Waals surface area contributed by atoms with Gasteiger partial charge in [0.05, 0.1) is 26.4 Å². The summed E-state index contributed by atoms with van der Waals surface area (Å²) in [7, 11) is 0. The van der Waals surface area contributed by atoms with Crippen LogP contribution < -0.4 is 5.90 Å². The fraction of sp³-hybridized carbons (Fsp3) is 1.00. The average Bonchev–Trinajstić information content (AvgIpc) is 2.54. The third kappa shape index (κ3) is 18.1. The highest BCUT2D eigenvalue weighted by molar-refractivity contribution is 4.49. The summed E-state index contributed by atoms with van der Waals surface area (Å²) >= 11 is 0. The quantitative estimate of drug-likeness (QED) is 0.192. The van der Waals surface area contributed by atoms with Crippen LogP contribution in [0.4, 0.5) is 0 Å². The van der Waals surface area contributed by atoms with Crippen molar-refractivity contribution in [3.05, 3.63) is 5.21 Å². The lowest BCUT2D eigenvalue weighted by Gasteiger charge is -2.41. The zero-order chi connectivity index (χ0) is 18.7. The molecule has 0 atom stereocenters. The highest BCUT2D eigenvalue weighted by Gasteiger charge is 2.14. The summed E-state index contributed by atoms with van der Waals surface area (Å²) in [6.45, 7) is 6.32. The molecule has 0 aromatic heterocycles. The van der Waals surface area contributed by atoms with Crippen molar-refractivity contribution in [2.75, 3.05) is 46.1 Å². The molecule has 0 saturated heterocycles. The molecule has 0 aliphatic carbocycles. The van der Waals surface area contributed by atoms with E-state index in [1.54, 1.807) is 0 Å². The second kappa shape index (κ2) is 19.1. The van der Waals surface area contributed by atoms with E-state index in [0.29, 0.717) is 19.6 Å². The molecular formula is C17H40N2O5. The number of unbranched alkanes of at least 4 members (excludes halogenated alkanes) is 4. The van der Waals surface area contributed by atoms with Gasteiger partial charge < -0.3 is 30.0 Å². The van der Waals surface area contributed by atoms with Gasteiger partial charge in [0.25, 0.3) is 0 Å². The Morgan fingerprint density at radius 2 is 1.33 bits per heavy atom. The molecule has 0 aliphatic heterocycles. The summed E-state index contributed by atoms with van der Waals surface area (Å²) in [5.41, 5.74) is 0. The molecule has 0 radical (unpaired) electrons. The zero-order valence-electron chi connectivity index (χ0n) is 15.7. The first-order valence-electron chi connectivity index (χ1n) is 9.16. The van der Waals surface area contributed by atoms with Crippen LogP contribution in [0.2, 0.25) is 0 Å². The number of aliphatic hydroxyl groups excluding tert-OH is 2. The molecule has 0 aromatic carbocycles. The van der Waals surface area contributed by atoms with Gasteiger partial charge in [0.15, 0.2) is 0 Å². The van der Waals surface area contributed by atoms with Gasteiger partial charge in [-0.25, -0.2) is 5.90 Å². The second-order valence-electron chi connectivity index (χ2n) is 6.59. The van der Waals surface area contributed by atoms with Gasteiger partial charge in [0.2, 0.25) is 0 Å². The summed E-state index contributed by atoms with van der Waals surface area (Å²) in [5, 5.41) is 36.4. The molecule has 0 rings (SSSR count). The van der Waals surface area contributed by atoms with E-state index in [1.807, 2.05) is 0 Å². The molecule has 0 fully saturated rings. The topological polar surface area (TPSA) is 119 Å². The van der Waals surface area contributed by atoms with Gasteiger partial charge in [-0.2, -0.15) is 0 Å². The molecule has 7 nitrogen and oxygen atoms in total. The number of nitrogens with two attached hydrogens (primary N) is 1. The first-order chi connectivity index (χ1) is 11.5. The molecular weight excluding hydrogens is 312 g/mol. The Bertz CT molecular complexity index is 237. The monoisotopic (exact) mass is 352 g/mol. The molecule has 24 heavy (non-hydrogen) atoms. The van der Waals surface area contributed by atoms with Crippen molar-refractivity contribution in [3.63, 3.8) is 0 Å². The van der Waals surface area contributed by atoms with Crippen LogP contribution in [0.1, 0.15) is 58.8 Å². The first-order valence-corrected chi connectivity index (χ1v) is 9.16. The number of rotatable bonds is 16. The van der Waals surface area contributed by atoms with Crippen LogP contribution in [0, 0.1) is 11.1 Å². The molecule has 148 valence electrons. The Kier molecular flexibility index (Phi) is 20.6. The zero-order valence-corrected chi connectivity index (χ0v) is 15.7. The highest BCUT2D eigenvalue weighted by atomic mass is 16.5. The van der Waals surface area contributed by atoms with E-state index in [4.69, 9.17) is 20.2 Å². The molecule has 0 saturated carbocycles. The molecule has 0 bridgehead atoms. The van der Waals surface area contributed by atoms with Crippen molar-refractivity contribution < 1.29 is 24.8 Å². The number of aliphatic hydroxyl groups is 2. The van der Waals surface area contributed by atoms with Gasteiger partial charge >= 0.3 is 0 Å². The van der Waals surface area contributed by atoms with E-state index in [1.165, 1.54) is 32.1 Å². The molecule has 0 amide bonds. The summed E-state index contributed by atoms with van der Waals surface area (Å²) < 4.78 is 5.03. The third-order valence-corrected chi connectivity index (χ3v) is 3.94. The Balaban J connectivity index is 0. The molecule has 0 unspecified atom stereocenters. The van der Waals surface area contributed by atoms with Crippen molar-refractivity contribution in [2.45, 2.75) is 58.8 Å². The van der Waals surface area contributed by atoms with Crippen LogP contribution in [-0.4, -0.2) is 66.1 Å². The second-order valence-corrected chi connectivity index (χ2v) is 6.59. The average molecular weight is 353 g/mol. The van der Waals surface area contributed by atoms with Gasteiger partial charge in [-0.3, -0.25) is 0 Å². The van der Waals surface area contributed by atoms with Crippen molar-refractivity contribution in [2.24, 2.45) is 11.8 Å². The number of hydroxylamine groups is 3. The van der Waals surface area contributed by atoms with E-state index in [9.17, 15) is 5.21 Å². The van der Waals surface area contributed by atoms with Gasteiger partial charge in [0, 0.05) is 13.0 Å². The minimum atomic E-state index is -0.522. The van der Waals surface area contributed by atoms with E-state index in [0.717, 1.165) is 18.9 Å². The Labute approximate surface area is 147 Å². The predicted molar refractivity (Wildman–Crippen MR) is 96.3 cm³/mol. The minimum Gasteiger partial charge on any atom is -0.633 e. The molecule has 7 heteroatoms.